The Morgan fingerprint density at radius 2 is 2.00 bits per heavy atom. The van der Waals surface area contributed by atoms with Crippen molar-refractivity contribution in [3.63, 3.8) is 0 Å². The van der Waals surface area contributed by atoms with E-state index in [4.69, 9.17) is 4.74 Å². The highest BCUT2D eigenvalue weighted by Crippen LogP contribution is 2.55. The zero-order chi connectivity index (χ0) is 9.60. The molecule has 0 radical (unpaired) electrons. The molecule has 0 unspecified atom stereocenters. The van der Waals surface area contributed by atoms with Crippen molar-refractivity contribution in [1.82, 2.24) is 0 Å². The van der Waals surface area contributed by atoms with Crippen LogP contribution in [-0.4, -0.2) is 6.10 Å². The van der Waals surface area contributed by atoms with Gasteiger partial charge in [-0.15, -0.1) is 0 Å². The van der Waals surface area contributed by atoms with E-state index in [0.29, 0.717) is 6.10 Å². The van der Waals surface area contributed by atoms with Crippen LogP contribution in [0.4, 0.5) is 0 Å². The second-order valence-corrected chi connectivity index (χ2v) is 4.61. The van der Waals surface area contributed by atoms with Crippen molar-refractivity contribution >= 4 is 0 Å². The van der Waals surface area contributed by atoms with Crippen LogP contribution in [0.25, 0.3) is 0 Å². The van der Waals surface area contributed by atoms with Crippen LogP contribution >= 0.6 is 0 Å². The predicted molar refractivity (Wildman–Crippen MR) is 56.2 cm³/mol. The molecule has 1 heterocycles. The van der Waals surface area contributed by atoms with Crippen LogP contribution in [0.3, 0.4) is 0 Å². The van der Waals surface area contributed by atoms with E-state index in [0.717, 1.165) is 0 Å². The molecule has 1 heteroatoms. The molecule has 0 aromatic heterocycles. The molecule has 0 spiro atoms. The SMILES string of the molecule is Cc1ccc([C@]23CCCC[C@H]2O3)cc1. The summed E-state index contributed by atoms with van der Waals surface area (Å²) in [7, 11) is 0. The number of epoxide rings is 1. The third-order valence-corrected chi connectivity index (χ3v) is 3.62. The minimum absolute atomic E-state index is 0.131. The topological polar surface area (TPSA) is 12.5 Å². The average Bonchev–Trinajstić information content (AvgIpc) is 2.94. The first-order chi connectivity index (χ1) is 6.81. The van der Waals surface area contributed by atoms with E-state index < -0.39 is 0 Å². The maximum atomic E-state index is 5.89. The van der Waals surface area contributed by atoms with E-state index in [1.165, 1.54) is 36.8 Å². The summed E-state index contributed by atoms with van der Waals surface area (Å²) >= 11 is 0. The summed E-state index contributed by atoms with van der Waals surface area (Å²) < 4.78 is 5.89. The Balaban J connectivity index is 1.92. The molecule has 0 amide bonds. The molecule has 3 rings (SSSR count). The van der Waals surface area contributed by atoms with Crippen molar-refractivity contribution in [3.05, 3.63) is 35.4 Å². The van der Waals surface area contributed by atoms with E-state index in [1.807, 2.05) is 0 Å². The Kier molecular flexibility index (Phi) is 1.72. The third kappa shape index (κ3) is 1.12. The van der Waals surface area contributed by atoms with E-state index in [9.17, 15) is 0 Å². The summed E-state index contributed by atoms with van der Waals surface area (Å²) in [4.78, 5) is 0. The first kappa shape index (κ1) is 8.49. The van der Waals surface area contributed by atoms with Crippen molar-refractivity contribution in [2.45, 2.75) is 44.3 Å². The number of rotatable bonds is 1. The molecule has 0 bridgehead atoms. The molecule has 1 aliphatic carbocycles. The molecular weight excluding hydrogens is 172 g/mol. The second-order valence-electron chi connectivity index (χ2n) is 4.61. The first-order valence-corrected chi connectivity index (χ1v) is 5.56. The normalized spacial score (nSPS) is 35.1. The van der Waals surface area contributed by atoms with Gasteiger partial charge in [0.1, 0.15) is 5.60 Å². The molecule has 2 aliphatic rings. The lowest BCUT2D eigenvalue weighted by Gasteiger charge is -2.17. The maximum Gasteiger partial charge on any atom is 0.120 e. The number of benzene rings is 1. The van der Waals surface area contributed by atoms with Gasteiger partial charge in [-0.2, -0.15) is 0 Å². The van der Waals surface area contributed by atoms with E-state index in [1.54, 1.807) is 0 Å². The Hall–Kier alpha value is -0.820. The summed E-state index contributed by atoms with van der Waals surface area (Å²) in [6.07, 6.45) is 5.68. The summed E-state index contributed by atoms with van der Waals surface area (Å²) in [6.45, 7) is 2.13. The van der Waals surface area contributed by atoms with E-state index in [2.05, 4.69) is 31.2 Å². The van der Waals surface area contributed by atoms with Gasteiger partial charge in [-0.3, -0.25) is 0 Å². The summed E-state index contributed by atoms with van der Waals surface area (Å²) in [5.41, 5.74) is 2.86. The summed E-state index contributed by atoms with van der Waals surface area (Å²) in [5, 5.41) is 0. The Labute approximate surface area is 85.1 Å². The molecule has 2 fully saturated rings. The van der Waals surface area contributed by atoms with E-state index >= 15 is 0 Å². The number of hydrogen-bond acceptors (Lipinski definition) is 1. The van der Waals surface area contributed by atoms with Gasteiger partial charge in [0.25, 0.3) is 0 Å². The van der Waals surface area contributed by atoms with Crippen LogP contribution < -0.4 is 0 Å². The molecular formula is C13H16O. The van der Waals surface area contributed by atoms with Crippen LogP contribution in [0.15, 0.2) is 24.3 Å². The fourth-order valence-corrected chi connectivity index (χ4v) is 2.68. The molecule has 2 atom stereocenters. The van der Waals surface area contributed by atoms with Gasteiger partial charge in [-0.05, 0) is 25.3 Å². The zero-order valence-corrected chi connectivity index (χ0v) is 8.62. The molecule has 1 saturated heterocycles. The van der Waals surface area contributed by atoms with Gasteiger partial charge in [0.2, 0.25) is 0 Å². The lowest BCUT2D eigenvalue weighted by atomic mass is 9.83. The minimum Gasteiger partial charge on any atom is -0.361 e. The molecule has 74 valence electrons. The Bertz CT molecular complexity index is 341. The van der Waals surface area contributed by atoms with Crippen LogP contribution in [0.2, 0.25) is 0 Å². The largest absolute Gasteiger partial charge is 0.361 e. The monoisotopic (exact) mass is 188 g/mol. The molecule has 1 nitrogen and oxygen atoms in total. The zero-order valence-electron chi connectivity index (χ0n) is 8.62. The molecule has 0 N–H and O–H groups in total. The fraction of sp³-hybridized carbons (Fsp3) is 0.538. The van der Waals surface area contributed by atoms with Gasteiger partial charge in [0.05, 0.1) is 6.10 Å². The highest BCUT2D eigenvalue weighted by Gasteiger charge is 2.57. The van der Waals surface area contributed by atoms with Crippen LogP contribution in [-0.2, 0) is 10.3 Å². The number of ether oxygens (including phenoxy) is 1. The lowest BCUT2D eigenvalue weighted by molar-refractivity contribution is 0.289. The standard InChI is InChI=1S/C13H16O/c1-10-5-7-11(8-6-10)13-9-3-2-4-12(13)14-13/h5-8,12H,2-4,9H2,1H3/t12-,13-/m1/s1. The second kappa shape index (κ2) is 2.83. The minimum atomic E-state index is 0.131. The van der Waals surface area contributed by atoms with Crippen LogP contribution in [0, 0.1) is 6.92 Å². The quantitative estimate of drug-likeness (QED) is 0.617. The average molecular weight is 188 g/mol. The number of aryl methyl sites for hydroxylation is 1. The van der Waals surface area contributed by atoms with Gasteiger partial charge < -0.3 is 4.74 Å². The van der Waals surface area contributed by atoms with Gasteiger partial charge in [0, 0.05) is 0 Å². The van der Waals surface area contributed by atoms with Crippen LogP contribution in [0.5, 0.6) is 0 Å². The van der Waals surface area contributed by atoms with Crippen molar-refractivity contribution in [2.75, 3.05) is 0 Å². The molecule has 1 aliphatic heterocycles. The Morgan fingerprint density at radius 1 is 1.21 bits per heavy atom. The Morgan fingerprint density at radius 3 is 2.71 bits per heavy atom. The van der Waals surface area contributed by atoms with Crippen LogP contribution in [0.1, 0.15) is 36.8 Å². The maximum absolute atomic E-state index is 5.89. The summed E-state index contributed by atoms with van der Waals surface area (Å²) in [6, 6.07) is 8.86. The smallest absolute Gasteiger partial charge is 0.120 e. The van der Waals surface area contributed by atoms with Gasteiger partial charge in [-0.1, -0.05) is 42.7 Å². The molecule has 14 heavy (non-hydrogen) atoms. The fourth-order valence-electron chi connectivity index (χ4n) is 2.68. The lowest BCUT2D eigenvalue weighted by Crippen LogP contribution is -2.16. The summed E-state index contributed by atoms with van der Waals surface area (Å²) in [5.74, 6) is 0. The molecule has 1 aromatic carbocycles. The number of fused-ring (bicyclic) bond motifs is 1. The van der Waals surface area contributed by atoms with Crippen molar-refractivity contribution in [3.8, 4) is 0 Å². The van der Waals surface area contributed by atoms with E-state index in [-0.39, 0.29) is 5.60 Å². The van der Waals surface area contributed by atoms with Crippen molar-refractivity contribution < 1.29 is 4.74 Å². The van der Waals surface area contributed by atoms with Gasteiger partial charge in [-0.25, -0.2) is 0 Å². The third-order valence-electron chi connectivity index (χ3n) is 3.62. The highest BCUT2D eigenvalue weighted by molar-refractivity contribution is 5.32. The van der Waals surface area contributed by atoms with Gasteiger partial charge in [0.15, 0.2) is 0 Å². The van der Waals surface area contributed by atoms with Crippen molar-refractivity contribution in [1.29, 1.82) is 0 Å². The molecule has 1 aromatic rings. The van der Waals surface area contributed by atoms with Crippen molar-refractivity contribution in [2.24, 2.45) is 0 Å². The first-order valence-electron chi connectivity index (χ1n) is 5.56. The predicted octanol–water partition coefficient (Wildman–Crippen LogP) is 3.16. The highest BCUT2D eigenvalue weighted by atomic mass is 16.6. The van der Waals surface area contributed by atoms with Gasteiger partial charge >= 0.3 is 0 Å². The number of hydrogen-bond donors (Lipinski definition) is 0. The molecule has 1 saturated carbocycles.